The minimum atomic E-state index is -1.85. The van der Waals surface area contributed by atoms with Crippen LogP contribution in [0.2, 0.25) is 0 Å². The SMILES string of the molecule is OC[C@H]1O[C@@H](OC2=Cc3c(O[C@@H]4O[C@H](CO)[C@@H](O)[C@H](O)[C@H]4O)cc(O)cc3[OH+]C2c2cc(O)c(O)c(O)c2)[C@H](O)[C@@H](O)[C@@H]1O. The molecule has 0 radical (unpaired) electrons. The van der Waals surface area contributed by atoms with Crippen molar-refractivity contribution in [2.24, 2.45) is 0 Å². The van der Waals surface area contributed by atoms with Gasteiger partial charge in [0.2, 0.25) is 12.6 Å². The highest BCUT2D eigenvalue weighted by atomic mass is 16.7. The Bertz CT molecular complexity index is 1360. The standard InChI is InChI=1S/C27H32O17/c28-6-16-19(34)21(36)23(38)26(43-16)41-14-4-9(30)3-13-10(14)5-15(25(40-13)8-1-11(31)18(33)12(32)2-8)42-27-24(39)22(37)20(35)17(7-29)44-27/h1-5,16-17,19-39H,6-7H2/p+1/t16-,17-,19-,20-,21+,22+,23-,24-,25?,26-,27-/m1/s1. The summed E-state index contributed by atoms with van der Waals surface area (Å²) < 4.78 is 27.0. The zero-order valence-corrected chi connectivity index (χ0v) is 22.6. The largest absolute Gasteiger partial charge is 0.571 e. The van der Waals surface area contributed by atoms with E-state index < -0.39 is 104 Å². The molecule has 2 fully saturated rings. The molecule has 17 nitrogen and oxygen atoms in total. The quantitative estimate of drug-likeness (QED) is 0.106. The number of hydrogen-bond acceptors (Lipinski definition) is 16. The first-order valence-corrected chi connectivity index (χ1v) is 13.3. The second kappa shape index (κ2) is 12.4. The molecule has 0 bridgehead atoms. The van der Waals surface area contributed by atoms with Crippen molar-refractivity contribution in [2.75, 3.05) is 13.2 Å². The number of aliphatic hydroxyl groups is 9. The molecule has 44 heavy (non-hydrogen) atoms. The third kappa shape index (κ3) is 5.77. The van der Waals surface area contributed by atoms with Gasteiger partial charge in [0.05, 0.1) is 24.8 Å². The molecule has 1 unspecified atom stereocenters. The van der Waals surface area contributed by atoms with Gasteiger partial charge in [-0.25, -0.2) is 0 Å². The van der Waals surface area contributed by atoms with E-state index in [2.05, 4.69) is 4.74 Å². The number of aliphatic hydroxyl groups excluding tert-OH is 8. The van der Waals surface area contributed by atoms with Crippen LogP contribution in [-0.2, 0) is 14.2 Å². The Kier molecular flexibility index (Phi) is 8.96. The first-order valence-electron chi connectivity index (χ1n) is 13.3. The van der Waals surface area contributed by atoms with Gasteiger partial charge in [-0.3, -0.25) is 0 Å². The zero-order valence-electron chi connectivity index (χ0n) is 22.6. The fourth-order valence-corrected chi connectivity index (χ4v) is 5.08. The molecule has 242 valence electrons. The number of ether oxygens (including phenoxy) is 5. The van der Waals surface area contributed by atoms with Gasteiger partial charge >= 0.3 is 0 Å². The molecule has 13 N–H and O–H groups in total. The summed E-state index contributed by atoms with van der Waals surface area (Å²) in [5.41, 5.74) is 0.0851. The smallest absolute Gasteiger partial charge is 0.270 e. The summed E-state index contributed by atoms with van der Waals surface area (Å²) in [5, 5.41) is 121. The number of phenolic OH excluding ortho intramolecular Hbond substituents is 4. The van der Waals surface area contributed by atoms with Crippen molar-refractivity contribution in [3.63, 3.8) is 0 Å². The Hall–Kier alpha value is -3.62. The maximum absolute atomic E-state index is 10.6. The molecule has 2 aromatic carbocycles. The van der Waals surface area contributed by atoms with Crippen LogP contribution in [0.3, 0.4) is 0 Å². The number of phenols is 4. The highest BCUT2D eigenvalue weighted by Gasteiger charge is 2.48. The van der Waals surface area contributed by atoms with Gasteiger partial charge in [-0.15, -0.1) is 0 Å². The van der Waals surface area contributed by atoms with Gasteiger partial charge < -0.3 is 85.0 Å². The van der Waals surface area contributed by atoms with Crippen LogP contribution in [-0.4, -0.2) is 141 Å². The van der Waals surface area contributed by atoms with Crippen molar-refractivity contribution in [1.29, 1.82) is 0 Å². The first kappa shape index (κ1) is 31.8. The predicted molar refractivity (Wildman–Crippen MR) is 141 cm³/mol. The second-order valence-electron chi connectivity index (χ2n) is 10.5. The van der Waals surface area contributed by atoms with Crippen molar-refractivity contribution in [3.8, 4) is 34.5 Å². The van der Waals surface area contributed by atoms with Crippen LogP contribution in [0.15, 0.2) is 30.0 Å². The van der Waals surface area contributed by atoms with Crippen LogP contribution in [0.4, 0.5) is 0 Å². The molecule has 0 aliphatic carbocycles. The molecule has 2 saturated heterocycles. The summed E-state index contributed by atoms with van der Waals surface area (Å²) in [4.78, 5) is 0. The summed E-state index contributed by atoms with van der Waals surface area (Å²) >= 11 is 0. The summed E-state index contributed by atoms with van der Waals surface area (Å²) in [7, 11) is 0. The Morgan fingerprint density at radius 3 is 1.70 bits per heavy atom. The molecular formula is C27H33O17+. The Morgan fingerprint density at radius 1 is 0.659 bits per heavy atom. The second-order valence-corrected chi connectivity index (χ2v) is 10.5. The van der Waals surface area contributed by atoms with E-state index in [1.54, 1.807) is 0 Å². The highest BCUT2D eigenvalue weighted by molar-refractivity contribution is 5.70. The number of rotatable bonds is 7. The zero-order chi connectivity index (χ0) is 32.0. The van der Waals surface area contributed by atoms with Crippen molar-refractivity contribution in [2.45, 2.75) is 67.5 Å². The van der Waals surface area contributed by atoms with Crippen LogP contribution in [0, 0.1) is 0 Å². The van der Waals surface area contributed by atoms with Gasteiger partial charge in [0.25, 0.3) is 11.9 Å². The van der Waals surface area contributed by atoms with Gasteiger partial charge in [-0.2, -0.15) is 0 Å². The van der Waals surface area contributed by atoms with Crippen molar-refractivity contribution < 1.29 is 85.0 Å². The lowest BCUT2D eigenvalue weighted by Crippen LogP contribution is -2.60. The minimum Gasteiger partial charge on any atom is -0.571 e. The topological polar surface area (TPSA) is 292 Å². The molecule has 3 aliphatic heterocycles. The van der Waals surface area contributed by atoms with E-state index in [0.717, 1.165) is 18.2 Å². The van der Waals surface area contributed by atoms with Crippen LogP contribution in [0.5, 0.6) is 34.5 Å². The molecular weight excluding hydrogens is 596 g/mol. The van der Waals surface area contributed by atoms with E-state index in [4.69, 9.17) is 18.9 Å². The van der Waals surface area contributed by atoms with Crippen LogP contribution in [0.1, 0.15) is 17.2 Å². The van der Waals surface area contributed by atoms with Crippen LogP contribution >= 0.6 is 0 Å². The predicted octanol–water partition coefficient (Wildman–Crippen LogP) is -3.16. The monoisotopic (exact) mass is 629 g/mol. The molecule has 3 heterocycles. The molecule has 0 saturated carbocycles. The number of fused-ring (bicyclic) bond motifs is 1. The maximum atomic E-state index is 10.6. The van der Waals surface area contributed by atoms with E-state index in [9.17, 15) is 61.3 Å². The van der Waals surface area contributed by atoms with Crippen LogP contribution in [0.25, 0.3) is 6.08 Å². The van der Waals surface area contributed by atoms with Crippen molar-refractivity contribution in [3.05, 3.63) is 41.2 Å². The molecule has 0 spiro atoms. The minimum absolute atomic E-state index is 0.0165. The molecule has 3 aliphatic rings. The molecule has 2 aromatic rings. The maximum Gasteiger partial charge on any atom is 0.270 e. The molecule has 0 amide bonds. The number of hydrogen-bond donors (Lipinski definition) is 12. The molecule has 0 aromatic heterocycles. The third-order valence-electron chi connectivity index (χ3n) is 7.53. The summed E-state index contributed by atoms with van der Waals surface area (Å²) in [6, 6.07) is 4.39. The summed E-state index contributed by atoms with van der Waals surface area (Å²) in [6.07, 6.45) is -16.6. The van der Waals surface area contributed by atoms with Crippen LogP contribution < -0.4 is 4.74 Å². The highest BCUT2D eigenvalue weighted by Crippen LogP contribution is 2.48. The lowest BCUT2D eigenvalue weighted by Gasteiger charge is -2.40. The normalized spacial score (nSPS) is 35.3. The van der Waals surface area contributed by atoms with Crippen molar-refractivity contribution >= 4 is 6.08 Å². The summed E-state index contributed by atoms with van der Waals surface area (Å²) in [6.45, 7) is -1.49. The van der Waals surface area contributed by atoms with Gasteiger partial charge in [0.1, 0.15) is 65.9 Å². The van der Waals surface area contributed by atoms with Gasteiger partial charge in [-0.1, -0.05) is 0 Å². The molecule has 11 atom stereocenters. The van der Waals surface area contributed by atoms with E-state index in [0.29, 0.717) is 0 Å². The summed E-state index contributed by atoms with van der Waals surface area (Å²) in [5.74, 6) is -3.06. The Labute approximate surface area is 247 Å². The molecule has 5 rings (SSSR count). The lowest BCUT2D eigenvalue weighted by molar-refractivity contribution is -0.295. The average molecular weight is 630 g/mol. The van der Waals surface area contributed by atoms with Gasteiger partial charge in [0.15, 0.2) is 23.0 Å². The van der Waals surface area contributed by atoms with Gasteiger partial charge in [0, 0.05) is 12.1 Å². The van der Waals surface area contributed by atoms with E-state index in [1.807, 2.05) is 0 Å². The fourth-order valence-electron chi connectivity index (χ4n) is 5.08. The Morgan fingerprint density at radius 2 is 1.18 bits per heavy atom. The van der Waals surface area contributed by atoms with Crippen molar-refractivity contribution in [1.82, 2.24) is 0 Å². The van der Waals surface area contributed by atoms with E-state index in [1.165, 1.54) is 12.1 Å². The molecule has 17 heteroatoms. The third-order valence-corrected chi connectivity index (χ3v) is 7.53. The lowest BCUT2D eigenvalue weighted by atomic mass is 9.98. The average Bonchev–Trinajstić information content (AvgIpc) is 2.99. The first-order chi connectivity index (χ1) is 20.8. The van der Waals surface area contributed by atoms with Gasteiger partial charge in [-0.05, 0) is 12.1 Å². The number of benzene rings is 2. The van der Waals surface area contributed by atoms with E-state index >= 15 is 0 Å². The Balaban J connectivity index is 1.56. The number of aromatic hydroxyl groups is 5. The fraction of sp³-hybridized carbons (Fsp3) is 0.481. The van der Waals surface area contributed by atoms with E-state index in [-0.39, 0.29) is 28.4 Å².